The van der Waals surface area contributed by atoms with Crippen molar-refractivity contribution in [2.45, 2.75) is 26.8 Å². The smallest absolute Gasteiger partial charge is 0.257 e. The predicted molar refractivity (Wildman–Crippen MR) is 71.9 cm³/mol. The first-order chi connectivity index (χ1) is 9.61. The molecule has 104 valence electrons. The summed E-state index contributed by atoms with van der Waals surface area (Å²) in [5.41, 5.74) is 0.534. The molecule has 0 radical (unpaired) electrons. The zero-order valence-electron chi connectivity index (χ0n) is 11.5. The minimum atomic E-state index is -0.147. The number of nitriles is 1. The van der Waals surface area contributed by atoms with Crippen LogP contribution in [0.1, 0.15) is 34.1 Å². The Labute approximate surface area is 117 Å². The Morgan fingerprint density at radius 3 is 2.80 bits per heavy atom. The number of amides is 1. The van der Waals surface area contributed by atoms with Gasteiger partial charge in [-0.3, -0.25) is 4.79 Å². The number of hydrogen-bond donors (Lipinski definition) is 0. The molecular formula is C15H16N2O3. The lowest BCUT2D eigenvalue weighted by Crippen LogP contribution is -2.31. The Balaban J connectivity index is 2.19. The molecule has 0 atom stereocenters. The fraction of sp³-hybridized carbons (Fsp3) is 0.333. The van der Waals surface area contributed by atoms with Gasteiger partial charge in [0.25, 0.3) is 5.91 Å². The summed E-state index contributed by atoms with van der Waals surface area (Å²) < 4.78 is 10.7. The number of carbonyl (C=O) groups excluding carboxylic acids is 1. The normalized spacial score (nSPS) is 10.2. The van der Waals surface area contributed by atoms with Gasteiger partial charge >= 0.3 is 0 Å². The van der Waals surface area contributed by atoms with Crippen molar-refractivity contribution in [1.82, 2.24) is 4.90 Å². The number of rotatable bonds is 5. The van der Waals surface area contributed by atoms with Crippen molar-refractivity contribution >= 4 is 5.91 Å². The van der Waals surface area contributed by atoms with Gasteiger partial charge < -0.3 is 13.7 Å². The van der Waals surface area contributed by atoms with Gasteiger partial charge in [0.15, 0.2) is 0 Å². The zero-order chi connectivity index (χ0) is 14.5. The number of aryl methyl sites for hydroxylation is 2. The van der Waals surface area contributed by atoms with E-state index in [1.807, 2.05) is 0 Å². The highest BCUT2D eigenvalue weighted by Gasteiger charge is 2.21. The van der Waals surface area contributed by atoms with Crippen LogP contribution >= 0.6 is 0 Å². The Kier molecular flexibility index (Phi) is 4.26. The molecule has 0 saturated heterocycles. The van der Waals surface area contributed by atoms with E-state index in [1.54, 1.807) is 43.2 Å². The van der Waals surface area contributed by atoms with Crippen molar-refractivity contribution in [2.75, 3.05) is 6.54 Å². The molecular weight excluding hydrogens is 256 g/mol. The molecule has 0 bridgehead atoms. The third-order valence-corrected chi connectivity index (χ3v) is 2.98. The van der Waals surface area contributed by atoms with E-state index in [4.69, 9.17) is 14.1 Å². The molecule has 0 aliphatic carbocycles. The SMILES string of the molecule is Cc1cc(C(=O)N(CCC#N)Cc2ccco2)c(C)o1. The number of hydrogen-bond acceptors (Lipinski definition) is 4. The maximum atomic E-state index is 12.5. The van der Waals surface area contributed by atoms with Gasteiger partial charge in [0, 0.05) is 6.54 Å². The van der Waals surface area contributed by atoms with E-state index in [9.17, 15) is 4.79 Å². The van der Waals surface area contributed by atoms with Gasteiger partial charge in [-0.2, -0.15) is 5.26 Å². The monoisotopic (exact) mass is 272 g/mol. The standard InChI is InChI=1S/C15H16N2O3/c1-11-9-14(12(2)20-11)15(18)17(7-4-6-16)10-13-5-3-8-19-13/h3,5,8-9H,4,7,10H2,1-2H3. The zero-order valence-corrected chi connectivity index (χ0v) is 11.5. The van der Waals surface area contributed by atoms with E-state index in [0.717, 1.165) is 0 Å². The highest BCUT2D eigenvalue weighted by molar-refractivity contribution is 5.95. The highest BCUT2D eigenvalue weighted by Crippen LogP contribution is 2.18. The van der Waals surface area contributed by atoms with Gasteiger partial charge in [0.2, 0.25) is 0 Å². The van der Waals surface area contributed by atoms with Crippen LogP contribution < -0.4 is 0 Å². The van der Waals surface area contributed by atoms with Gasteiger partial charge in [0.05, 0.1) is 30.9 Å². The Morgan fingerprint density at radius 1 is 1.45 bits per heavy atom. The molecule has 5 nitrogen and oxygen atoms in total. The van der Waals surface area contributed by atoms with E-state index < -0.39 is 0 Å². The summed E-state index contributed by atoms with van der Waals surface area (Å²) in [7, 11) is 0. The molecule has 0 saturated carbocycles. The molecule has 2 heterocycles. The van der Waals surface area contributed by atoms with Gasteiger partial charge in [-0.15, -0.1) is 0 Å². The second-order valence-electron chi connectivity index (χ2n) is 4.54. The summed E-state index contributed by atoms with van der Waals surface area (Å²) in [6.45, 7) is 4.27. The minimum Gasteiger partial charge on any atom is -0.467 e. The van der Waals surface area contributed by atoms with Crippen LogP contribution in [0, 0.1) is 25.2 Å². The maximum Gasteiger partial charge on any atom is 0.257 e. The molecule has 2 rings (SSSR count). The number of furan rings is 2. The van der Waals surface area contributed by atoms with E-state index in [0.29, 0.717) is 35.9 Å². The first kappa shape index (κ1) is 13.9. The van der Waals surface area contributed by atoms with Crippen molar-refractivity contribution in [2.24, 2.45) is 0 Å². The summed E-state index contributed by atoms with van der Waals surface area (Å²) in [5.74, 6) is 1.83. The van der Waals surface area contributed by atoms with Gasteiger partial charge in [-0.05, 0) is 32.0 Å². The van der Waals surface area contributed by atoms with Crippen LogP contribution in [0.15, 0.2) is 33.3 Å². The average molecular weight is 272 g/mol. The summed E-state index contributed by atoms with van der Waals surface area (Å²) in [6, 6.07) is 7.36. The van der Waals surface area contributed by atoms with E-state index in [-0.39, 0.29) is 12.3 Å². The molecule has 0 spiro atoms. The predicted octanol–water partition coefficient (Wildman–Crippen LogP) is 3.05. The molecule has 5 heteroatoms. The maximum absolute atomic E-state index is 12.5. The van der Waals surface area contributed by atoms with Crippen LogP contribution in [0.2, 0.25) is 0 Å². The van der Waals surface area contributed by atoms with Crippen LogP contribution in [0.25, 0.3) is 0 Å². The van der Waals surface area contributed by atoms with Crippen molar-refractivity contribution < 1.29 is 13.6 Å². The lowest BCUT2D eigenvalue weighted by molar-refractivity contribution is 0.0733. The van der Waals surface area contributed by atoms with Gasteiger partial charge in [-0.1, -0.05) is 0 Å². The van der Waals surface area contributed by atoms with Crippen LogP contribution in [-0.4, -0.2) is 17.4 Å². The summed E-state index contributed by atoms with van der Waals surface area (Å²) in [4.78, 5) is 14.1. The molecule has 0 unspecified atom stereocenters. The Morgan fingerprint density at radius 2 is 2.25 bits per heavy atom. The van der Waals surface area contributed by atoms with E-state index in [2.05, 4.69) is 6.07 Å². The van der Waals surface area contributed by atoms with Gasteiger partial charge in [-0.25, -0.2) is 0 Å². The van der Waals surface area contributed by atoms with Crippen LogP contribution in [0.5, 0.6) is 0 Å². The van der Waals surface area contributed by atoms with Crippen molar-refractivity contribution in [3.8, 4) is 6.07 Å². The van der Waals surface area contributed by atoms with Crippen LogP contribution in [0.3, 0.4) is 0 Å². The summed E-state index contributed by atoms with van der Waals surface area (Å²) >= 11 is 0. The quantitative estimate of drug-likeness (QED) is 0.838. The molecule has 0 aliphatic heterocycles. The Hall–Kier alpha value is -2.48. The third kappa shape index (κ3) is 3.09. The largest absolute Gasteiger partial charge is 0.467 e. The molecule has 0 aromatic carbocycles. The van der Waals surface area contributed by atoms with Crippen LogP contribution in [0.4, 0.5) is 0 Å². The highest BCUT2D eigenvalue weighted by atomic mass is 16.3. The topological polar surface area (TPSA) is 70.4 Å². The molecule has 0 fully saturated rings. The number of carbonyl (C=O) groups is 1. The fourth-order valence-electron chi connectivity index (χ4n) is 2.04. The fourth-order valence-corrected chi connectivity index (χ4v) is 2.04. The molecule has 1 amide bonds. The Bertz CT molecular complexity index is 620. The molecule has 0 N–H and O–H groups in total. The summed E-state index contributed by atoms with van der Waals surface area (Å²) in [6.07, 6.45) is 1.85. The van der Waals surface area contributed by atoms with Crippen molar-refractivity contribution in [3.63, 3.8) is 0 Å². The van der Waals surface area contributed by atoms with Crippen molar-refractivity contribution in [1.29, 1.82) is 5.26 Å². The van der Waals surface area contributed by atoms with E-state index >= 15 is 0 Å². The molecule has 20 heavy (non-hydrogen) atoms. The number of nitrogens with zero attached hydrogens (tertiary/aromatic N) is 2. The molecule has 2 aromatic rings. The lowest BCUT2D eigenvalue weighted by atomic mass is 10.2. The van der Waals surface area contributed by atoms with Gasteiger partial charge in [0.1, 0.15) is 17.3 Å². The first-order valence-corrected chi connectivity index (χ1v) is 6.37. The van der Waals surface area contributed by atoms with Crippen LogP contribution in [-0.2, 0) is 6.54 Å². The molecule has 2 aromatic heterocycles. The third-order valence-electron chi connectivity index (χ3n) is 2.98. The molecule has 0 aliphatic rings. The summed E-state index contributed by atoms with van der Waals surface area (Å²) in [5, 5.41) is 8.72. The second kappa shape index (κ2) is 6.11. The van der Waals surface area contributed by atoms with Crippen molar-refractivity contribution in [3.05, 3.63) is 47.3 Å². The van der Waals surface area contributed by atoms with E-state index in [1.165, 1.54) is 0 Å². The lowest BCUT2D eigenvalue weighted by Gasteiger charge is -2.20. The second-order valence-corrected chi connectivity index (χ2v) is 4.54. The first-order valence-electron chi connectivity index (χ1n) is 6.37. The average Bonchev–Trinajstić information content (AvgIpc) is 3.03. The minimum absolute atomic E-state index is 0.147.